The Labute approximate surface area is 114 Å². The minimum absolute atomic E-state index is 0.586. The Morgan fingerprint density at radius 2 is 2.11 bits per heavy atom. The van der Waals surface area contributed by atoms with Crippen LogP contribution < -0.4 is 10.2 Å². The second-order valence-electron chi connectivity index (χ2n) is 5.27. The molecule has 0 atom stereocenters. The first-order valence-electron chi connectivity index (χ1n) is 7.32. The Morgan fingerprint density at radius 3 is 2.79 bits per heavy atom. The maximum Gasteiger partial charge on any atom is 0.136 e. The molecule has 0 bridgehead atoms. The monoisotopic (exact) mass is 262 g/mol. The predicted octanol–water partition coefficient (Wildman–Crippen LogP) is 2.01. The second-order valence-corrected chi connectivity index (χ2v) is 5.27. The Hall–Kier alpha value is -1.36. The van der Waals surface area contributed by atoms with Gasteiger partial charge >= 0.3 is 0 Å². The van der Waals surface area contributed by atoms with Gasteiger partial charge in [-0.05, 0) is 19.3 Å². The first-order chi connectivity index (χ1) is 9.36. The van der Waals surface area contributed by atoms with E-state index in [1.54, 1.807) is 0 Å². The molecule has 1 saturated heterocycles. The lowest BCUT2D eigenvalue weighted by atomic mass is 10.3. The van der Waals surface area contributed by atoms with Crippen LogP contribution in [-0.4, -0.2) is 42.8 Å². The maximum absolute atomic E-state index is 5.41. The third-order valence-corrected chi connectivity index (χ3v) is 3.56. The zero-order chi connectivity index (χ0) is 13.1. The van der Waals surface area contributed by atoms with Crippen molar-refractivity contribution in [2.75, 3.05) is 43.1 Å². The Bertz CT molecular complexity index is 427. The van der Waals surface area contributed by atoms with Crippen molar-refractivity contribution in [2.45, 2.75) is 32.1 Å². The van der Waals surface area contributed by atoms with E-state index < -0.39 is 0 Å². The van der Waals surface area contributed by atoms with Gasteiger partial charge in [-0.2, -0.15) is 0 Å². The summed E-state index contributed by atoms with van der Waals surface area (Å²) in [6, 6.07) is 2.08. The summed E-state index contributed by atoms with van der Waals surface area (Å²) in [5.74, 6) is 3.63. The van der Waals surface area contributed by atoms with Gasteiger partial charge in [0.25, 0.3) is 0 Å². The van der Waals surface area contributed by atoms with E-state index in [0.29, 0.717) is 5.92 Å². The van der Waals surface area contributed by atoms with Crippen LogP contribution in [0.3, 0.4) is 0 Å². The quantitative estimate of drug-likeness (QED) is 0.879. The fourth-order valence-corrected chi connectivity index (χ4v) is 2.27. The summed E-state index contributed by atoms with van der Waals surface area (Å²) in [6.07, 6.45) is 3.58. The average Bonchev–Trinajstić information content (AvgIpc) is 3.30. The average molecular weight is 262 g/mol. The van der Waals surface area contributed by atoms with Crippen LogP contribution in [-0.2, 0) is 4.74 Å². The van der Waals surface area contributed by atoms with Crippen LogP contribution in [0.2, 0.25) is 0 Å². The summed E-state index contributed by atoms with van der Waals surface area (Å²) in [6.45, 7) is 6.56. The van der Waals surface area contributed by atoms with Crippen LogP contribution in [0.1, 0.15) is 37.9 Å². The minimum atomic E-state index is 0.586. The van der Waals surface area contributed by atoms with Crippen molar-refractivity contribution in [3.63, 3.8) is 0 Å². The van der Waals surface area contributed by atoms with Crippen molar-refractivity contribution in [1.29, 1.82) is 0 Å². The highest BCUT2D eigenvalue weighted by Crippen LogP contribution is 2.39. The summed E-state index contributed by atoms with van der Waals surface area (Å²) >= 11 is 0. The topological polar surface area (TPSA) is 50.3 Å². The molecule has 2 aliphatic rings. The van der Waals surface area contributed by atoms with Crippen molar-refractivity contribution < 1.29 is 4.74 Å². The van der Waals surface area contributed by atoms with Crippen LogP contribution in [0.5, 0.6) is 0 Å². The van der Waals surface area contributed by atoms with Crippen molar-refractivity contribution in [2.24, 2.45) is 0 Å². The zero-order valence-electron chi connectivity index (χ0n) is 11.6. The molecule has 2 fully saturated rings. The third-order valence-electron chi connectivity index (χ3n) is 3.56. The van der Waals surface area contributed by atoms with Crippen molar-refractivity contribution in [3.8, 4) is 0 Å². The van der Waals surface area contributed by atoms with Crippen molar-refractivity contribution in [1.82, 2.24) is 9.97 Å². The first kappa shape index (κ1) is 12.7. The number of nitrogens with one attached hydrogen (secondary N) is 1. The highest BCUT2D eigenvalue weighted by Gasteiger charge is 2.28. The number of anilines is 2. The highest BCUT2D eigenvalue weighted by molar-refractivity contribution is 5.50. The van der Waals surface area contributed by atoms with Gasteiger partial charge in [-0.1, -0.05) is 6.92 Å². The number of nitrogens with zero attached hydrogens (tertiary/aromatic N) is 3. The number of hydrogen-bond acceptors (Lipinski definition) is 5. The van der Waals surface area contributed by atoms with Gasteiger partial charge in [0.1, 0.15) is 17.5 Å². The van der Waals surface area contributed by atoms with Gasteiger partial charge < -0.3 is 15.0 Å². The molecule has 19 heavy (non-hydrogen) atoms. The van der Waals surface area contributed by atoms with E-state index in [1.807, 2.05) is 0 Å². The zero-order valence-corrected chi connectivity index (χ0v) is 11.6. The Kier molecular flexibility index (Phi) is 3.82. The van der Waals surface area contributed by atoms with Crippen LogP contribution >= 0.6 is 0 Å². The molecule has 3 rings (SSSR count). The Morgan fingerprint density at radius 1 is 1.32 bits per heavy atom. The molecule has 1 saturated carbocycles. The summed E-state index contributed by atoms with van der Waals surface area (Å²) in [4.78, 5) is 11.7. The van der Waals surface area contributed by atoms with Gasteiger partial charge in [-0.3, -0.25) is 0 Å². The van der Waals surface area contributed by atoms with Crippen molar-refractivity contribution >= 4 is 11.6 Å². The molecule has 1 aliphatic heterocycles. The lowest BCUT2D eigenvalue weighted by molar-refractivity contribution is 0.122. The largest absolute Gasteiger partial charge is 0.378 e. The molecule has 1 aliphatic carbocycles. The molecule has 1 aromatic rings. The van der Waals surface area contributed by atoms with Gasteiger partial charge in [0, 0.05) is 31.6 Å². The summed E-state index contributed by atoms with van der Waals surface area (Å²) < 4.78 is 5.41. The molecule has 5 heteroatoms. The van der Waals surface area contributed by atoms with Crippen LogP contribution in [0.4, 0.5) is 11.6 Å². The molecule has 0 unspecified atom stereocenters. The smallest absolute Gasteiger partial charge is 0.136 e. The minimum Gasteiger partial charge on any atom is -0.378 e. The molecule has 5 nitrogen and oxygen atoms in total. The molecule has 1 N–H and O–H groups in total. The van der Waals surface area contributed by atoms with Gasteiger partial charge in [-0.15, -0.1) is 0 Å². The number of morpholine rings is 1. The fraction of sp³-hybridized carbons (Fsp3) is 0.714. The normalized spacial score (nSPS) is 19.5. The number of ether oxygens (including phenoxy) is 1. The van der Waals surface area contributed by atoms with E-state index in [0.717, 1.165) is 56.7 Å². The predicted molar refractivity (Wildman–Crippen MR) is 75.8 cm³/mol. The molecule has 0 radical (unpaired) electrons. The van der Waals surface area contributed by atoms with Crippen LogP contribution in [0.15, 0.2) is 6.07 Å². The second kappa shape index (κ2) is 5.74. The molecule has 0 aromatic carbocycles. The lowest BCUT2D eigenvalue weighted by Gasteiger charge is -2.28. The van der Waals surface area contributed by atoms with E-state index >= 15 is 0 Å². The number of rotatable bonds is 5. The van der Waals surface area contributed by atoms with Crippen LogP contribution in [0.25, 0.3) is 0 Å². The molecule has 104 valence electrons. The third kappa shape index (κ3) is 3.15. The van der Waals surface area contributed by atoms with Gasteiger partial charge in [0.15, 0.2) is 0 Å². The number of hydrogen-bond donors (Lipinski definition) is 1. The van der Waals surface area contributed by atoms with E-state index in [2.05, 4.69) is 28.2 Å². The molecule has 0 amide bonds. The van der Waals surface area contributed by atoms with Crippen LogP contribution in [0, 0.1) is 0 Å². The summed E-state index contributed by atoms with van der Waals surface area (Å²) in [7, 11) is 0. The molecule has 0 spiro atoms. The lowest BCUT2D eigenvalue weighted by Crippen LogP contribution is -2.37. The molecule has 1 aromatic heterocycles. The van der Waals surface area contributed by atoms with Gasteiger partial charge in [-0.25, -0.2) is 9.97 Å². The molecular weight excluding hydrogens is 240 g/mol. The van der Waals surface area contributed by atoms with Crippen molar-refractivity contribution in [3.05, 3.63) is 11.9 Å². The number of aromatic nitrogens is 2. The van der Waals surface area contributed by atoms with Gasteiger partial charge in [0.05, 0.1) is 13.2 Å². The summed E-state index contributed by atoms with van der Waals surface area (Å²) in [5.41, 5.74) is 0. The summed E-state index contributed by atoms with van der Waals surface area (Å²) in [5, 5.41) is 3.39. The first-order valence-corrected chi connectivity index (χ1v) is 7.32. The van der Waals surface area contributed by atoms with Gasteiger partial charge in [0.2, 0.25) is 0 Å². The van der Waals surface area contributed by atoms with E-state index in [9.17, 15) is 0 Å². The highest BCUT2D eigenvalue weighted by atomic mass is 16.5. The van der Waals surface area contributed by atoms with E-state index in [1.165, 1.54) is 12.8 Å². The SMILES string of the molecule is CCCNc1cc(N2CCOCC2)nc(C2CC2)n1. The standard InChI is InChI=1S/C14H22N4O/c1-2-5-15-12-10-13(18-6-8-19-9-7-18)17-14(16-12)11-3-4-11/h10-11H,2-9H2,1H3,(H,15,16,17). The molecular formula is C14H22N4O. The van der Waals surface area contributed by atoms with E-state index in [4.69, 9.17) is 9.72 Å². The maximum atomic E-state index is 5.41. The molecule has 2 heterocycles. The van der Waals surface area contributed by atoms with E-state index in [-0.39, 0.29) is 0 Å². The Balaban J connectivity index is 1.81. The fourth-order valence-electron chi connectivity index (χ4n) is 2.27.